The van der Waals surface area contributed by atoms with Crippen LogP contribution in [0.5, 0.6) is 0 Å². The first kappa shape index (κ1) is 18.6. The van der Waals surface area contributed by atoms with Crippen LogP contribution < -0.4 is 5.73 Å². The first-order valence-corrected chi connectivity index (χ1v) is 9.09. The van der Waals surface area contributed by atoms with E-state index in [1.807, 2.05) is 0 Å². The minimum absolute atomic E-state index is 0.0778. The molecule has 0 fully saturated rings. The van der Waals surface area contributed by atoms with Crippen LogP contribution in [0.1, 0.15) is 15.9 Å². The standard InChI is InChI=1S/C21H13F2N7O/c22-15-1-2-16(24)19(23)18(15)20(31)14-8-28-21-13(14)5-11(6-27-21)12-7-29-30(10-12)17-9-25-3-4-26-17/h1-10H,24H2,(H,27,28). The van der Waals surface area contributed by atoms with Crippen LogP contribution in [0.4, 0.5) is 14.5 Å². The molecular formula is C21H13F2N7O. The van der Waals surface area contributed by atoms with Gasteiger partial charge in [0, 0.05) is 53.1 Å². The fourth-order valence-corrected chi connectivity index (χ4v) is 3.27. The van der Waals surface area contributed by atoms with Gasteiger partial charge >= 0.3 is 0 Å². The van der Waals surface area contributed by atoms with Gasteiger partial charge in [-0.05, 0) is 18.2 Å². The maximum absolute atomic E-state index is 14.4. The highest BCUT2D eigenvalue weighted by Gasteiger charge is 2.24. The molecule has 8 nitrogen and oxygen atoms in total. The van der Waals surface area contributed by atoms with Crippen molar-refractivity contribution in [1.82, 2.24) is 29.7 Å². The predicted octanol–water partition coefficient (Wildman–Crippen LogP) is 3.30. The van der Waals surface area contributed by atoms with E-state index in [2.05, 4.69) is 25.0 Å². The number of pyridine rings is 1. The molecule has 152 valence electrons. The van der Waals surface area contributed by atoms with Gasteiger partial charge in [-0.3, -0.25) is 9.78 Å². The normalized spacial score (nSPS) is 11.2. The summed E-state index contributed by atoms with van der Waals surface area (Å²) in [5.41, 5.74) is 6.34. The highest BCUT2D eigenvalue weighted by Crippen LogP contribution is 2.28. The summed E-state index contributed by atoms with van der Waals surface area (Å²) in [7, 11) is 0. The molecule has 0 aliphatic heterocycles. The number of benzene rings is 1. The van der Waals surface area contributed by atoms with Crippen molar-refractivity contribution in [2.75, 3.05) is 5.73 Å². The van der Waals surface area contributed by atoms with E-state index < -0.39 is 23.0 Å². The molecular weight excluding hydrogens is 404 g/mol. The van der Waals surface area contributed by atoms with Gasteiger partial charge in [-0.25, -0.2) is 23.4 Å². The van der Waals surface area contributed by atoms with Crippen LogP contribution in [0.3, 0.4) is 0 Å². The zero-order valence-corrected chi connectivity index (χ0v) is 15.8. The third-order valence-electron chi connectivity index (χ3n) is 4.82. The van der Waals surface area contributed by atoms with E-state index >= 15 is 0 Å². The van der Waals surface area contributed by atoms with Crippen molar-refractivity contribution in [3.8, 4) is 16.9 Å². The lowest BCUT2D eigenvalue weighted by Gasteiger charge is -2.06. The highest BCUT2D eigenvalue weighted by atomic mass is 19.1. The van der Waals surface area contributed by atoms with Gasteiger partial charge in [-0.15, -0.1) is 0 Å². The largest absolute Gasteiger partial charge is 0.396 e. The Labute approximate surface area is 173 Å². The van der Waals surface area contributed by atoms with Crippen LogP contribution in [-0.2, 0) is 0 Å². The van der Waals surface area contributed by atoms with E-state index in [0.29, 0.717) is 28.0 Å². The number of H-pyrrole nitrogens is 1. The van der Waals surface area contributed by atoms with Gasteiger partial charge in [0.15, 0.2) is 11.6 Å². The fraction of sp³-hybridized carbons (Fsp3) is 0. The predicted molar refractivity (Wildman–Crippen MR) is 108 cm³/mol. The number of nitrogens with one attached hydrogen (secondary N) is 1. The fourth-order valence-electron chi connectivity index (χ4n) is 3.27. The first-order valence-electron chi connectivity index (χ1n) is 9.09. The van der Waals surface area contributed by atoms with Gasteiger partial charge < -0.3 is 10.7 Å². The van der Waals surface area contributed by atoms with Gasteiger partial charge in [0.2, 0.25) is 5.78 Å². The van der Waals surface area contributed by atoms with Gasteiger partial charge in [-0.1, -0.05) is 0 Å². The Balaban J connectivity index is 1.58. The first-order chi connectivity index (χ1) is 15.0. The maximum atomic E-state index is 14.4. The molecule has 5 rings (SSSR count). The molecule has 0 aliphatic carbocycles. The third kappa shape index (κ3) is 3.10. The molecule has 3 N–H and O–H groups in total. The Bertz CT molecular complexity index is 1440. The molecule has 0 amide bonds. The average Bonchev–Trinajstić information content (AvgIpc) is 3.44. The van der Waals surface area contributed by atoms with Crippen LogP contribution in [0.25, 0.3) is 28.0 Å². The molecule has 1 aromatic carbocycles. The Hall–Kier alpha value is -4.47. The van der Waals surface area contributed by atoms with Crippen molar-refractivity contribution >= 4 is 22.5 Å². The molecule has 5 aromatic rings. The van der Waals surface area contributed by atoms with Crippen LogP contribution >= 0.6 is 0 Å². The number of aromatic amines is 1. The number of nitrogen functional groups attached to an aromatic ring is 1. The summed E-state index contributed by atoms with van der Waals surface area (Å²) >= 11 is 0. The minimum Gasteiger partial charge on any atom is -0.396 e. The Kier molecular flexibility index (Phi) is 4.25. The third-order valence-corrected chi connectivity index (χ3v) is 4.82. The number of rotatable bonds is 4. The number of fused-ring (bicyclic) bond motifs is 1. The zero-order valence-electron chi connectivity index (χ0n) is 15.8. The number of carbonyl (C=O) groups is 1. The van der Waals surface area contributed by atoms with Crippen LogP contribution in [0.2, 0.25) is 0 Å². The number of halogens is 2. The van der Waals surface area contributed by atoms with Crippen LogP contribution in [-0.4, -0.2) is 35.5 Å². The second kappa shape index (κ2) is 7.10. The Morgan fingerprint density at radius 3 is 2.74 bits per heavy atom. The van der Waals surface area contributed by atoms with Crippen LogP contribution in [0, 0.1) is 11.6 Å². The van der Waals surface area contributed by atoms with E-state index in [9.17, 15) is 13.6 Å². The number of carbonyl (C=O) groups excluding carboxylic acids is 1. The second-order valence-corrected chi connectivity index (χ2v) is 6.71. The quantitative estimate of drug-likeness (QED) is 0.342. The van der Waals surface area contributed by atoms with Gasteiger partial charge in [0.05, 0.1) is 23.6 Å². The molecule has 0 saturated carbocycles. The molecule has 0 aliphatic rings. The van der Waals surface area contributed by atoms with Crippen LogP contribution in [0.15, 0.2) is 61.6 Å². The van der Waals surface area contributed by atoms with Crippen molar-refractivity contribution < 1.29 is 13.6 Å². The topological polar surface area (TPSA) is 115 Å². The lowest BCUT2D eigenvalue weighted by Crippen LogP contribution is -2.09. The SMILES string of the molecule is Nc1ccc(F)c(C(=O)c2c[nH]c3ncc(-c4cnn(-c5cnccn5)c4)cc23)c1F. The van der Waals surface area contributed by atoms with E-state index in [1.54, 1.807) is 47.9 Å². The van der Waals surface area contributed by atoms with Crippen molar-refractivity contribution in [3.63, 3.8) is 0 Å². The summed E-state index contributed by atoms with van der Waals surface area (Å²) in [4.78, 5) is 28.3. The maximum Gasteiger partial charge on any atom is 0.201 e. The minimum atomic E-state index is -1.09. The molecule has 0 atom stereocenters. The molecule has 10 heteroatoms. The number of nitrogens with two attached hydrogens (primary N) is 1. The number of hydrogen-bond donors (Lipinski definition) is 2. The van der Waals surface area contributed by atoms with Crippen molar-refractivity contribution in [2.45, 2.75) is 0 Å². The Morgan fingerprint density at radius 2 is 1.94 bits per heavy atom. The number of aromatic nitrogens is 6. The molecule has 0 saturated heterocycles. The molecule has 0 bridgehead atoms. The van der Waals surface area contributed by atoms with Crippen molar-refractivity contribution in [3.05, 3.63) is 84.3 Å². The highest BCUT2D eigenvalue weighted by molar-refractivity contribution is 6.16. The van der Waals surface area contributed by atoms with Gasteiger partial charge in [0.25, 0.3) is 0 Å². The molecule has 4 heterocycles. The number of ketones is 1. The molecule has 0 unspecified atom stereocenters. The molecule has 0 radical (unpaired) electrons. The lowest BCUT2D eigenvalue weighted by atomic mass is 10.0. The summed E-state index contributed by atoms with van der Waals surface area (Å²) in [6.07, 6.45) is 11.0. The molecule has 0 spiro atoms. The average molecular weight is 417 g/mol. The lowest BCUT2D eigenvalue weighted by molar-refractivity contribution is 0.103. The van der Waals surface area contributed by atoms with E-state index in [1.165, 1.54) is 6.20 Å². The summed E-state index contributed by atoms with van der Waals surface area (Å²) < 4.78 is 30.1. The van der Waals surface area contributed by atoms with Crippen molar-refractivity contribution in [2.24, 2.45) is 0 Å². The number of anilines is 1. The summed E-state index contributed by atoms with van der Waals surface area (Å²) in [6.45, 7) is 0. The van der Waals surface area contributed by atoms with Crippen molar-refractivity contribution in [1.29, 1.82) is 0 Å². The molecule has 4 aromatic heterocycles. The summed E-state index contributed by atoms with van der Waals surface area (Å²) in [6, 6.07) is 3.74. The van der Waals surface area contributed by atoms with E-state index in [4.69, 9.17) is 5.73 Å². The Morgan fingerprint density at radius 1 is 1.06 bits per heavy atom. The number of nitrogens with zero attached hydrogens (tertiary/aromatic N) is 5. The van der Waals surface area contributed by atoms with E-state index in [0.717, 1.165) is 12.1 Å². The molecule has 31 heavy (non-hydrogen) atoms. The summed E-state index contributed by atoms with van der Waals surface area (Å²) in [5, 5.41) is 4.68. The van der Waals surface area contributed by atoms with Gasteiger partial charge in [-0.2, -0.15) is 5.10 Å². The monoisotopic (exact) mass is 417 g/mol. The van der Waals surface area contributed by atoms with Gasteiger partial charge in [0.1, 0.15) is 11.5 Å². The summed E-state index contributed by atoms with van der Waals surface area (Å²) in [5.74, 6) is -2.37. The zero-order chi connectivity index (χ0) is 21.5. The number of hydrogen-bond acceptors (Lipinski definition) is 6. The second-order valence-electron chi connectivity index (χ2n) is 6.71. The smallest absolute Gasteiger partial charge is 0.201 e. The van der Waals surface area contributed by atoms with E-state index in [-0.39, 0.29) is 11.3 Å².